The predicted molar refractivity (Wildman–Crippen MR) is 79.7 cm³/mol. The number of aryl methyl sites for hydroxylation is 1. The maximum Gasteiger partial charge on any atom is 0.267 e. The summed E-state index contributed by atoms with van der Waals surface area (Å²) < 4.78 is 25.0. The maximum absolute atomic E-state index is 12.3. The van der Waals surface area contributed by atoms with E-state index in [4.69, 9.17) is 0 Å². The number of rotatable bonds is 2. The number of hydrogen-bond acceptors (Lipinski definition) is 5. The molecule has 0 aromatic carbocycles. The molecule has 0 radical (unpaired) electrons. The average molecular weight is 360 g/mol. The number of hydrogen-bond donors (Lipinski definition) is 0. The lowest BCUT2D eigenvalue weighted by atomic mass is 10.2. The summed E-state index contributed by atoms with van der Waals surface area (Å²) in [5.41, 5.74) is 0.797. The molecule has 2 aromatic heterocycles. The van der Waals surface area contributed by atoms with E-state index in [1.807, 2.05) is 13.8 Å². The van der Waals surface area contributed by atoms with E-state index in [1.54, 1.807) is 6.92 Å². The SMILES string of the molecule is Cc1c(Br)c(=O)n(C(C)C)c2nc(S(C)(=O)=O)ncc12. The second-order valence-corrected chi connectivity index (χ2v) is 7.57. The van der Waals surface area contributed by atoms with Crippen LogP contribution in [0.15, 0.2) is 20.6 Å². The average Bonchev–Trinajstić information content (AvgIpc) is 2.34. The van der Waals surface area contributed by atoms with Gasteiger partial charge in [-0.25, -0.2) is 13.4 Å². The van der Waals surface area contributed by atoms with Crippen molar-refractivity contribution in [2.45, 2.75) is 32.0 Å². The Morgan fingerprint density at radius 1 is 1.35 bits per heavy atom. The van der Waals surface area contributed by atoms with Crippen LogP contribution in [0.4, 0.5) is 0 Å². The normalized spacial score (nSPS) is 12.3. The van der Waals surface area contributed by atoms with Crippen molar-refractivity contribution < 1.29 is 8.42 Å². The summed E-state index contributed by atoms with van der Waals surface area (Å²) in [4.78, 5) is 20.3. The van der Waals surface area contributed by atoms with E-state index in [-0.39, 0.29) is 16.8 Å². The van der Waals surface area contributed by atoms with Crippen molar-refractivity contribution in [3.63, 3.8) is 0 Å². The van der Waals surface area contributed by atoms with Gasteiger partial charge in [-0.05, 0) is 42.3 Å². The van der Waals surface area contributed by atoms with Crippen LogP contribution in [0, 0.1) is 6.92 Å². The van der Waals surface area contributed by atoms with Gasteiger partial charge in [0.25, 0.3) is 5.56 Å². The molecule has 2 rings (SSSR count). The van der Waals surface area contributed by atoms with Crippen molar-refractivity contribution in [1.29, 1.82) is 0 Å². The molecule has 0 aliphatic heterocycles. The Morgan fingerprint density at radius 2 is 1.95 bits per heavy atom. The van der Waals surface area contributed by atoms with Crippen LogP contribution in [0.1, 0.15) is 25.5 Å². The summed E-state index contributed by atoms with van der Waals surface area (Å²) in [5, 5.41) is 0.373. The van der Waals surface area contributed by atoms with Crippen molar-refractivity contribution in [2.75, 3.05) is 6.26 Å². The highest BCUT2D eigenvalue weighted by Gasteiger charge is 2.19. The number of nitrogens with zero attached hydrogens (tertiary/aromatic N) is 3. The summed E-state index contributed by atoms with van der Waals surface area (Å²) in [6.07, 6.45) is 2.48. The maximum atomic E-state index is 12.3. The molecule has 0 N–H and O–H groups in total. The molecule has 6 nitrogen and oxygen atoms in total. The summed E-state index contributed by atoms with van der Waals surface area (Å²) >= 11 is 3.27. The summed E-state index contributed by atoms with van der Waals surface area (Å²) in [5.74, 6) is 0. The number of pyridine rings is 1. The van der Waals surface area contributed by atoms with Gasteiger partial charge in [0.2, 0.25) is 15.0 Å². The second kappa shape index (κ2) is 4.92. The van der Waals surface area contributed by atoms with E-state index in [9.17, 15) is 13.2 Å². The van der Waals surface area contributed by atoms with Crippen molar-refractivity contribution >= 4 is 36.8 Å². The van der Waals surface area contributed by atoms with Gasteiger partial charge >= 0.3 is 0 Å². The zero-order valence-corrected chi connectivity index (χ0v) is 13.9. The van der Waals surface area contributed by atoms with Gasteiger partial charge in [0.1, 0.15) is 5.65 Å². The van der Waals surface area contributed by atoms with Gasteiger partial charge in [-0.3, -0.25) is 9.36 Å². The minimum atomic E-state index is -3.52. The first-order valence-corrected chi connectivity index (χ1v) is 8.60. The smallest absolute Gasteiger partial charge is 0.267 e. The minimum absolute atomic E-state index is 0.149. The van der Waals surface area contributed by atoms with Crippen molar-refractivity contribution in [2.24, 2.45) is 0 Å². The fraction of sp³-hybridized carbons (Fsp3) is 0.417. The summed E-state index contributed by atoms with van der Waals surface area (Å²) in [6.45, 7) is 5.44. The van der Waals surface area contributed by atoms with E-state index in [0.29, 0.717) is 21.1 Å². The topological polar surface area (TPSA) is 81.9 Å². The van der Waals surface area contributed by atoms with Crippen LogP contribution in [-0.2, 0) is 9.84 Å². The van der Waals surface area contributed by atoms with Gasteiger partial charge in [0, 0.05) is 23.9 Å². The molecule has 0 aliphatic rings. The van der Waals surface area contributed by atoms with Crippen LogP contribution in [0.5, 0.6) is 0 Å². The third-order valence-corrected chi connectivity index (χ3v) is 4.76. The lowest BCUT2D eigenvalue weighted by molar-refractivity contribution is 0.580. The Balaban J connectivity index is 3.04. The summed E-state index contributed by atoms with van der Waals surface area (Å²) in [7, 11) is -3.52. The van der Waals surface area contributed by atoms with Crippen LogP contribution in [-0.4, -0.2) is 29.2 Å². The first kappa shape index (κ1) is 15.1. The van der Waals surface area contributed by atoms with Gasteiger partial charge in [-0.1, -0.05) is 0 Å². The quantitative estimate of drug-likeness (QED) is 0.764. The minimum Gasteiger partial charge on any atom is -0.289 e. The molecule has 0 unspecified atom stereocenters. The van der Waals surface area contributed by atoms with E-state index in [2.05, 4.69) is 25.9 Å². The molecule has 20 heavy (non-hydrogen) atoms. The number of halogens is 1. The van der Waals surface area contributed by atoms with Gasteiger partial charge in [-0.15, -0.1) is 0 Å². The van der Waals surface area contributed by atoms with Crippen LogP contribution >= 0.6 is 15.9 Å². The van der Waals surface area contributed by atoms with Gasteiger partial charge in [0.15, 0.2) is 0 Å². The number of fused-ring (bicyclic) bond motifs is 1. The van der Waals surface area contributed by atoms with E-state index < -0.39 is 9.84 Å². The van der Waals surface area contributed by atoms with E-state index >= 15 is 0 Å². The van der Waals surface area contributed by atoms with Gasteiger partial charge in [0.05, 0.1) is 4.47 Å². The molecule has 0 amide bonds. The van der Waals surface area contributed by atoms with Gasteiger partial charge < -0.3 is 0 Å². The third kappa shape index (κ3) is 2.37. The molecule has 0 fully saturated rings. The molecule has 108 valence electrons. The van der Waals surface area contributed by atoms with E-state index in [1.165, 1.54) is 10.8 Å². The molecular weight excluding hydrogens is 346 g/mol. The highest BCUT2D eigenvalue weighted by atomic mass is 79.9. The highest BCUT2D eigenvalue weighted by Crippen LogP contribution is 2.23. The molecule has 8 heteroatoms. The van der Waals surface area contributed by atoms with Crippen LogP contribution < -0.4 is 5.56 Å². The second-order valence-electron chi connectivity index (χ2n) is 4.87. The predicted octanol–water partition coefficient (Wildman–Crippen LogP) is 1.85. The first-order chi connectivity index (χ1) is 9.14. The van der Waals surface area contributed by atoms with Gasteiger partial charge in [-0.2, -0.15) is 4.98 Å². The monoisotopic (exact) mass is 359 g/mol. The molecule has 0 aliphatic carbocycles. The molecular formula is C12H14BrN3O3S. The Bertz CT molecular complexity index is 856. The zero-order chi connectivity index (χ0) is 15.2. The lowest BCUT2D eigenvalue weighted by Crippen LogP contribution is -2.25. The lowest BCUT2D eigenvalue weighted by Gasteiger charge is -2.15. The molecule has 0 spiro atoms. The molecule has 0 atom stereocenters. The molecule has 2 aromatic rings. The van der Waals surface area contributed by atoms with Crippen LogP contribution in [0.2, 0.25) is 0 Å². The van der Waals surface area contributed by atoms with Crippen LogP contribution in [0.3, 0.4) is 0 Å². The van der Waals surface area contributed by atoms with Crippen molar-refractivity contribution in [3.05, 3.63) is 26.6 Å². The van der Waals surface area contributed by atoms with Crippen LogP contribution in [0.25, 0.3) is 11.0 Å². The Hall–Kier alpha value is -1.28. The molecule has 0 saturated heterocycles. The molecule has 2 heterocycles. The standard InChI is InChI=1S/C12H14BrN3O3S/c1-6(2)16-10-8(7(3)9(13)11(16)17)5-14-12(15-10)20(4,18)19/h5-6H,1-4H3. The number of sulfone groups is 1. The molecule has 0 saturated carbocycles. The fourth-order valence-electron chi connectivity index (χ4n) is 1.94. The first-order valence-electron chi connectivity index (χ1n) is 5.92. The molecule has 0 bridgehead atoms. The third-order valence-electron chi connectivity index (χ3n) is 2.96. The fourth-order valence-corrected chi connectivity index (χ4v) is 2.84. The highest BCUT2D eigenvalue weighted by molar-refractivity contribution is 9.10. The van der Waals surface area contributed by atoms with E-state index in [0.717, 1.165) is 6.26 Å². The van der Waals surface area contributed by atoms with Crippen molar-refractivity contribution in [3.8, 4) is 0 Å². The number of aromatic nitrogens is 3. The van der Waals surface area contributed by atoms with Crippen molar-refractivity contribution in [1.82, 2.24) is 14.5 Å². The zero-order valence-electron chi connectivity index (χ0n) is 11.5. The summed E-state index contributed by atoms with van der Waals surface area (Å²) in [6, 6.07) is -0.149. The Kier molecular flexibility index (Phi) is 3.72. The Labute approximate surface area is 124 Å². The largest absolute Gasteiger partial charge is 0.289 e. The Morgan fingerprint density at radius 3 is 2.45 bits per heavy atom.